The molecule has 0 aliphatic rings. The van der Waals surface area contributed by atoms with Crippen LogP contribution in [0.25, 0.3) is 17.2 Å². The second kappa shape index (κ2) is 9.22. The molecule has 0 saturated heterocycles. The number of hydrogen-bond acceptors (Lipinski definition) is 4. The number of fused-ring (bicyclic) bond motifs is 1. The quantitative estimate of drug-likeness (QED) is 0.358. The van der Waals surface area contributed by atoms with E-state index in [1.165, 1.54) is 42.8 Å². The summed E-state index contributed by atoms with van der Waals surface area (Å²) in [5.74, 6) is -4.54. The third kappa shape index (κ3) is 4.75. The molecule has 0 fully saturated rings. The molecule has 2 N–H and O–H groups in total. The van der Waals surface area contributed by atoms with Crippen LogP contribution in [0.5, 0.6) is 0 Å². The summed E-state index contributed by atoms with van der Waals surface area (Å²) in [6.07, 6.45) is 3.50. The van der Waals surface area contributed by atoms with E-state index in [-0.39, 0.29) is 21.8 Å². The van der Waals surface area contributed by atoms with E-state index in [1.807, 2.05) is 0 Å². The van der Waals surface area contributed by atoms with Crippen LogP contribution in [0, 0.1) is 11.6 Å². The van der Waals surface area contributed by atoms with Crippen LogP contribution in [-0.2, 0) is 9.59 Å². The smallest absolute Gasteiger partial charge is 0.315 e. The third-order valence-corrected chi connectivity index (χ3v) is 5.21. The molecule has 1 unspecified atom stereocenters. The second-order valence-corrected chi connectivity index (χ2v) is 7.46. The van der Waals surface area contributed by atoms with Gasteiger partial charge in [0.25, 0.3) is 0 Å². The molecule has 1 atom stereocenters. The van der Waals surface area contributed by atoms with Crippen molar-refractivity contribution in [3.8, 4) is 0 Å². The molecule has 4 rings (SSSR count). The average molecular weight is 469 g/mol. The number of aromatic nitrogens is 1. The van der Waals surface area contributed by atoms with E-state index in [2.05, 4.69) is 10.3 Å². The molecule has 4 aromatic rings. The zero-order chi connectivity index (χ0) is 23.5. The number of amides is 1. The van der Waals surface area contributed by atoms with Gasteiger partial charge in [0, 0.05) is 11.6 Å². The molecule has 0 spiro atoms. The van der Waals surface area contributed by atoms with Crippen molar-refractivity contribution in [3.63, 3.8) is 0 Å². The molecular formula is C24H15ClF2N2O4. The Morgan fingerprint density at radius 1 is 1.09 bits per heavy atom. The molecule has 0 bridgehead atoms. The summed E-state index contributed by atoms with van der Waals surface area (Å²) < 4.78 is 33.8. The predicted molar refractivity (Wildman–Crippen MR) is 119 cm³/mol. The lowest BCUT2D eigenvalue weighted by atomic mass is 9.91. The number of halogens is 3. The Morgan fingerprint density at radius 2 is 1.85 bits per heavy atom. The Hall–Kier alpha value is -4.04. The van der Waals surface area contributed by atoms with Crippen LogP contribution in [0.2, 0.25) is 5.02 Å². The summed E-state index contributed by atoms with van der Waals surface area (Å²) in [6.45, 7) is 0. The number of carbonyl (C=O) groups excluding carboxylic acids is 1. The number of oxazole rings is 1. The first-order valence-corrected chi connectivity index (χ1v) is 10.00. The Bertz CT molecular complexity index is 1400. The molecule has 166 valence electrons. The van der Waals surface area contributed by atoms with Crippen molar-refractivity contribution in [3.05, 3.63) is 100 Å². The van der Waals surface area contributed by atoms with Gasteiger partial charge in [-0.3, -0.25) is 9.59 Å². The van der Waals surface area contributed by atoms with Gasteiger partial charge in [-0.25, -0.2) is 13.8 Å². The normalized spacial score (nSPS) is 12.2. The van der Waals surface area contributed by atoms with E-state index in [4.69, 9.17) is 16.0 Å². The summed E-state index contributed by atoms with van der Waals surface area (Å²) in [5.41, 5.74) is 1.49. The number of carboxylic acid groups (broad SMARTS) is 1. The number of carboxylic acids is 1. The van der Waals surface area contributed by atoms with Crippen LogP contribution >= 0.6 is 11.6 Å². The van der Waals surface area contributed by atoms with Crippen molar-refractivity contribution >= 4 is 46.3 Å². The molecule has 1 amide bonds. The summed E-state index contributed by atoms with van der Waals surface area (Å²) in [5, 5.41) is 12.0. The Labute approximate surface area is 191 Å². The first kappa shape index (κ1) is 22.2. The summed E-state index contributed by atoms with van der Waals surface area (Å²) >= 11 is 5.70. The summed E-state index contributed by atoms with van der Waals surface area (Å²) in [7, 11) is 0. The minimum atomic E-state index is -1.18. The van der Waals surface area contributed by atoms with E-state index >= 15 is 0 Å². The maximum atomic E-state index is 14.7. The standard InChI is InChI=1S/C24H15ClF2N2O4/c25-16-3-1-2-13(23(16)27)6-9-21(30)29-18-7-4-14(10-17(18)26)22(24(31)32)15-5-8-20-19(11-15)28-12-33-20/h1-12,22H,(H,29,30)(H,31,32). The van der Waals surface area contributed by atoms with Crippen LogP contribution in [0.15, 0.2) is 71.5 Å². The zero-order valence-corrected chi connectivity index (χ0v) is 17.5. The van der Waals surface area contributed by atoms with E-state index in [0.29, 0.717) is 16.7 Å². The van der Waals surface area contributed by atoms with Crippen LogP contribution in [-0.4, -0.2) is 22.0 Å². The first-order chi connectivity index (χ1) is 15.8. The van der Waals surface area contributed by atoms with Crippen molar-refractivity contribution in [2.24, 2.45) is 0 Å². The predicted octanol–water partition coefficient (Wildman–Crippen LogP) is 5.63. The molecule has 33 heavy (non-hydrogen) atoms. The molecule has 6 nitrogen and oxygen atoms in total. The highest BCUT2D eigenvalue weighted by Crippen LogP contribution is 2.30. The van der Waals surface area contributed by atoms with E-state index in [0.717, 1.165) is 12.1 Å². The highest BCUT2D eigenvalue weighted by molar-refractivity contribution is 6.30. The molecular weight excluding hydrogens is 454 g/mol. The molecule has 1 aromatic heterocycles. The van der Waals surface area contributed by atoms with Gasteiger partial charge in [0.15, 0.2) is 12.0 Å². The first-order valence-electron chi connectivity index (χ1n) is 9.62. The van der Waals surface area contributed by atoms with Gasteiger partial charge in [-0.1, -0.05) is 35.9 Å². The highest BCUT2D eigenvalue weighted by atomic mass is 35.5. The second-order valence-electron chi connectivity index (χ2n) is 7.06. The minimum Gasteiger partial charge on any atom is -0.481 e. The Kier molecular flexibility index (Phi) is 6.19. The van der Waals surface area contributed by atoms with Gasteiger partial charge in [-0.15, -0.1) is 0 Å². The van der Waals surface area contributed by atoms with Crippen LogP contribution < -0.4 is 5.32 Å². The van der Waals surface area contributed by atoms with Crippen molar-refractivity contribution in [2.75, 3.05) is 5.32 Å². The fraction of sp³-hybridized carbons (Fsp3) is 0.0417. The Balaban J connectivity index is 1.55. The van der Waals surface area contributed by atoms with Crippen LogP contribution in [0.4, 0.5) is 14.5 Å². The topological polar surface area (TPSA) is 92.4 Å². The van der Waals surface area contributed by atoms with Gasteiger partial charge in [-0.05, 0) is 47.5 Å². The highest BCUT2D eigenvalue weighted by Gasteiger charge is 2.24. The average Bonchev–Trinajstić information content (AvgIpc) is 3.24. The fourth-order valence-corrected chi connectivity index (χ4v) is 3.52. The molecule has 0 saturated carbocycles. The number of nitrogens with one attached hydrogen (secondary N) is 1. The number of nitrogens with zero attached hydrogens (tertiary/aromatic N) is 1. The van der Waals surface area contributed by atoms with Crippen molar-refractivity contribution in [2.45, 2.75) is 5.92 Å². The lowest BCUT2D eigenvalue weighted by Gasteiger charge is -2.14. The fourth-order valence-electron chi connectivity index (χ4n) is 3.33. The number of benzene rings is 3. The zero-order valence-electron chi connectivity index (χ0n) is 16.8. The molecule has 3 aromatic carbocycles. The molecule has 0 aliphatic heterocycles. The number of hydrogen-bond donors (Lipinski definition) is 2. The lowest BCUT2D eigenvalue weighted by molar-refractivity contribution is -0.137. The molecule has 1 heterocycles. The van der Waals surface area contributed by atoms with Crippen LogP contribution in [0.1, 0.15) is 22.6 Å². The molecule has 9 heteroatoms. The maximum absolute atomic E-state index is 14.7. The molecule has 0 radical (unpaired) electrons. The van der Waals surface area contributed by atoms with Gasteiger partial charge in [0.2, 0.25) is 5.91 Å². The van der Waals surface area contributed by atoms with E-state index < -0.39 is 29.4 Å². The van der Waals surface area contributed by atoms with Gasteiger partial charge in [0.1, 0.15) is 23.1 Å². The largest absolute Gasteiger partial charge is 0.481 e. The summed E-state index contributed by atoms with van der Waals surface area (Å²) in [4.78, 5) is 28.1. The maximum Gasteiger partial charge on any atom is 0.315 e. The van der Waals surface area contributed by atoms with Crippen molar-refractivity contribution in [1.82, 2.24) is 4.98 Å². The van der Waals surface area contributed by atoms with Gasteiger partial charge >= 0.3 is 5.97 Å². The lowest BCUT2D eigenvalue weighted by Crippen LogP contribution is -2.14. The van der Waals surface area contributed by atoms with Crippen molar-refractivity contribution in [1.29, 1.82) is 0 Å². The van der Waals surface area contributed by atoms with E-state index in [9.17, 15) is 23.5 Å². The van der Waals surface area contributed by atoms with Gasteiger partial charge < -0.3 is 14.8 Å². The SMILES string of the molecule is O=C(C=Cc1cccc(Cl)c1F)Nc1ccc(C(C(=O)O)c2ccc3ocnc3c2)cc1F. The van der Waals surface area contributed by atoms with Crippen molar-refractivity contribution < 1.29 is 27.9 Å². The van der Waals surface area contributed by atoms with Gasteiger partial charge in [0.05, 0.1) is 10.7 Å². The minimum absolute atomic E-state index is 0.0881. The van der Waals surface area contributed by atoms with Gasteiger partial charge in [-0.2, -0.15) is 0 Å². The monoisotopic (exact) mass is 468 g/mol. The number of carbonyl (C=O) groups is 2. The Morgan fingerprint density at radius 3 is 2.61 bits per heavy atom. The number of rotatable bonds is 6. The third-order valence-electron chi connectivity index (χ3n) is 4.91. The van der Waals surface area contributed by atoms with E-state index in [1.54, 1.807) is 18.2 Å². The number of aliphatic carboxylic acids is 1. The summed E-state index contributed by atoms with van der Waals surface area (Å²) in [6, 6.07) is 12.8. The molecule has 0 aliphatic carbocycles. The van der Waals surface area contributed by atoms with Crippen LogP contribution in [0.3, 0.4) is 0 Å². The number of anilines is 1.